The van der Waals surface area contributed by atoms with E-state index in [1.54, 1.807) is 6.92 Å². The lowest BCUT2D eigenvalue weighted by molar-refractivity contribution is -0.114. The average Bonchev–Trinajstić information content (AvgIpc) is 3.34. The molecule has 8 aliphatic carbocycles. The number of hydrogen-bond acceptors (Lipinski definition) is 5. The van der Waals surface area contributed by atoms with E-state index in [9.17, 15) is 19.5 Å². The number of aromatic nitrogens is 2. The number of H-pyrrole nitrogens is 1. The summed E-state index contributed by atoms with van der Waals surface area (Å²) in [6.45, 7) is 1.72. The van der Waals surface area contributed by atoms with Crippen molar-refractivity contribution in [3.63, 3.8) is 0 Å². The lowest BCUT2D eigenvalue weighted by atomic mass is 9.48. The minimum absolute atomic E-state index is 0.151. The highest BCUT2D eigenvalue weighted by atomic mass is 16.3. The Morgan fingerprint density at radius 2 is 1.12 bits per heavy atom. The van der Waals surface area contributed by atoms with Crippen molar-refractivity contribution in [2.45, 2.75) is 94.8 Å². The zero-order valence-corrected chi connectivity index (χ0v) is 28.2. The summed E-state index contributed by atoms with van der Waals surface area (Å²) >= 11 is 0. The smallest absolute Gasteiger partial charge is 0.335 e. The molecule has 0 saturated heterocycles. The minimum atomic E-state index is -0.754. The summed E-state index contributed by atoms with van der Waals surface area (Å²) in [5.74, 6) is 4.14. The fraction of sp³-hybridized carbons (Fsp3) is 0.512. The fourth-order valence-electron chi connectivity index (χ4n) is 12.8. The first-order valence-electron chi connectivity index (χ1n) is 18.6. The van der Waals surface area contributed by atoms with Gasteiger partial charge in [-0.2, -0.15) is 10.1 Å². The van der Waals surface area contributed by atoms with Gasteiger partial charge in [-0.1, -0.05) is 24.3 Å². The molecule has 0 unspecified atom stereocenters. The quantitative estimate of drug-likeness (QED) is 0.289. The lowest BCUT2D eigenvalue weighted by Crippen LogP contribution is -2.48. The van der Waals surface area contributed by atoms with Gasteiger partial charge < -0.3 is 5.11 Å². The summed E-state index contributed by atoms with van der Waals surface area (Å²) in [4.78, 5) is 42.3. The van der Waals surface area contributed by atoms with Crippen molar-refractivity contribution in [2.24, 2.45) is 40.6 Å². The molecule has 0 radical (unpaired) electrons. The molecular formula is C41H44N4O4. The van der Waals surface area contributed by atoms with Gasteiger partial charge >= 0.3 is 5.69 Å². The molecule has 12 rings (SSSR count). The van der Waals surface area contributed by atoms with Gasteiger partial charge in [0.15, 0.2) is 0 Å². The van der Waals surface area contributed by atoms with Gasteiger partial charge in [-0.05, 0) is 172 Å². The van der Waals surface area contributed by atoms with E-state index in [0.717, 1.165) is 40.1 Å². The molecule has 8 bridgehead atoms. The molecule has 8 saturated carbocycles. The molecule has 2 N–H and O–H groups in total. The molecule has 1 aliphatic heterocycles. The molecule has 1 amide bonds. The number of carbonyl (C=O) groups is 1. The Morgan fingerprint density at radius 3 is 1.57 bits per heavy atom. The van der Waals surface area contributed by atoms with Gasteiger partial charge in [0.2, 0.25) is 5.88 Å². The second-order valence-corrected chi connectivity index (χ2v) is 17.2. The van der Waals surface area contributed by atoms with E-state index >= 15 is 0 Å². The maximum Gasteiger partial charge on any atom is 0.335 e. The zero-order chi connectivity index (χ0) is 33.2. The van der Waals surface area contributed by atoms with Crippen LogP contribution in [0.1, 0.15) is 101 Å². The number of anilines is 1. The van der Waals surface area contributed by atoms with Crippen LogP contribution < -0.4 is 16.3 Å². The standard InChI is InChI=1S/C41H44N4O4/c1-23-34(38(48)45(43-23)33-8-4-31(5-9-33)41-20-27-13-28(21-41)15-29(14-27)22-41)16-35-36(46)42-39(49)44(37(35)47)32-6-2-30(3-7-32)40-17-24-10-25(18-40)12-26(11-24)19-40/h2-9,16,24-29,47H,10-15,17-22H2,1H3,(H,42,46,49). The van der Waals surface area contributed by atoms with Crippen molar-refractivity contribution in [1.82, 2.24) is 9.55 Å². The molecule has 0 spiro atoms. The molecule has 8 heteroatoms. The summed E-state index contributed by atoms with van der Waals surface area (Å²) in [5.41, 5.74) is 3.31. The maximum atomic E-state index is 13.8. The number of benzene rings is 2. The summed E-state index contributed by atoms with van der Waals surface area (Å²) in [6.07, 6.45) is 17.2. The SMILES string of the molecule is CC1=NN(c2ccc(C34CC5CC(CC(C5)C3)C4)cc2)C(=O)C1=Cc1c(O)n(-c2ccc(C34CC5CC(CC(C5)C3)C4)cc2)c(=O)[nH]c1=O. The normalized spacial score (nSPS) is 36.3. The molecule has 2 heterocycles. The molecule has 9 aliphatic rings. The van der Waals surface area contributed by atoms with E-state index in [1.807, 2.05) is 24.3 Å². The number of nitrogens with one attached hydrogen (secondary N) is 1. The van der Waals surface area contributed by atoms with Crippen LogP contribution >= 0.6 is 0 Å². The van der Waals surface area contributed by atoms with E-state index < -0.39 is 17.1 Å². The van der Waals surface area contributed by atoms with Crippen LogP contribution in [0.5, 0.6) is 5.88 Å². The molecule has 0 atom stereocenters. The van der Waals surface area contributed by atoms with Gasteiger partial charge in [0.05, 0.1) is 22.7 Å². The van der Waals surface area contributed by atoms with E-state index in [4.69, 9.17) is 0 Å². The topological polar surface area (TPSA) is 108 Å². The molecule has 3 aromatic rings. The van der Waals surface area contributed by atoms with Gasteiger partial charge in [-0.3, -0.25) is 14.6 Å². The third-order valence-corrected chi connectivity index (χ3v) is 14.0. The van der Waals surface area contributed by atoms with Crippen molar-refractivity contribution >= 4 is 23.4 Å². The first kappa shape index (κ1) is 29.7. The lowest BCUT2D eigenvalue weighted by Gasteiger charge is -2.57. The first-order valence-corrected chi connectivity index (χ1v) is 18.6. The minimum Gasteiger partial charge on any atom is -0.494 e. The van der Waals surface area contributed by atoms with Crippen LogP contribution in [0.2, 0.25) is 0 Å². The Labute approximate surface area is 285 Å². The second kappa shape index (κ2) is 10.4. The number of rotatable bonds is 5. The molecule has 8 nitrogen and oxygen atoms in total. The Hall–Kier alpha value is -4.20. The summed E-state index contributed by atoms with van der Waals surface area (Å²) in [7, 11) is 0. The number of aromatic hydroxyl groups is 1. The van der Waals surface area contributed by atoms with Crippen molar-refractivity contribution in [1.29, 1.82) is 0 Å². The number of amides is 1. The molecular weight excluding hydrogens is 612 g/mol. The molecule has 1 aromatic heterocycles. The van der Waals surface area contributed by atoms with Crippen LogP contribution in [0.15, 0.2) is 68.8 Å². The largest absolute Gasteiger partial charge is 0.494 e. The van der Waals surface area contributed by atoms with Crippen molar-refractivity contribution in [3.05, 3.63) is 91.6 Å². The van der Waals surface area contributed by atoms with Crippen LogP contribution in [-0.2, 0) is 15.6 Å². The van der Waals surface area contributed by atoms with Crippen molar-refractivity contribution in [3.8, 4) is 11.6 Å². The highest BCUT2D eigenvalue weighted by molar-refractivity contribution is 6.32. The van der Waals surface area contributed by atoms with E-state index in [-0.39, 0.29) is 27.9 Å². The van der Waals surface area contributed by atoms with Gasteiger partial charge in [-0.15, -0.1) is 0 Å². The molecule has 2 aromatic carbocycles. The van der Waals surface area contributed by atoms with Gasteiger partial charge in [-0.25, -0.2) is 9.36 Å². The number of hydrogen-bond donors (Lipinski definition) is 2. The Morgan fingerprint density at radius 1 is 0.694 bits per heavy atom. The average molecular weight is 657 g/mol. The van der Waals surface area contributed by atoms with Crippen molar-refractivity contribution < 1.29 is 9.90 Å². The van der Waals surface area contributed by atoms with Crippen LogP contribution in [0.3, 0.4) is 0 Å². The predicted octanol–water partition coefficient (Wildman–Crippen LogP) is 6.97. The third kappa shape index (κ3) is 4.54. The van der Waals surface area contributed by atoms with E-state index in [0.29, 0.717) is 17.1 Å². The van der Waals surface area contributed by atoms with Crippen molar-refractivity contribution in [2.75, 3.05) is 5.01 Å². The Bertz CT molecular complexity index is 2000. The van der Waals surface area contributed by atoms with E-state index in [1.165, 1.54) is 99.3 Å². The highest BCUT2D eigenvalue weighted by Gasteiger charge is 2.52. The van der Waals surface area contributed by atoms with Crippen LogP contribution in [0.4, 0.5) is 5.69 Å². The first-order chi connectivity index (χ1) is 23.6. The molecule has 8 fully saturated rings. The zero-order valence-electron chi connectivity index (χ0n) is 28.2. The Balaban J connectivity index is 0.927. The fourth-order valence-corrected chi connectivity index (χ4v) is 12.8. The van der Waals surface area contributed by atoms with Crippen LogP contribution in [0.25, 0.3) is 11.8 Å². The molecule has 252 valence electrons. The number of aromatic amines is 1. The van der Waals surface area contributed by atoms with Gasteiger partial charge in [0.1, 0.15) is 5.56 Å². The van der Waals surface area contributed by atoms with Gasteiger partial charge in [0.25, 0.3) is 11.5 Å². The summed E-state index contributed by atoms with van der Waals surface area (Å²) in [5, 5.41) is 17.3. The van der Waals surface area contributed by atoms with Gasteiger partial charge in [0, 0.05) is 0 Å². The molecule has 49 heavy (non-hydrogen) atoms. The third-order valence-electron chi connectivity index (χ3n) is 14.0. The predicted molar refractivity (Wildman–Crippen MR) is 189 cm³/mol. The number of carbonyl (C=O) groups excluding carboxylic acids is 1. The van der Waals surface area contributed by atoms with Crippen LogP contribution in [0, 0.1) is 35.5 Å². The summed E-state index contributed by atoms with van der Waals surface area (Å²) < 4.78 is 1.12. The monoisotopic (exact) mass is 656 g/mol. The highest BCUT2D eigenvalue weighted by Crippen LogP contribution is 2.62. The Kier molecular flexibility index (Phi) is 6.31. The van der Waals surface area contributed by atoms with E-state index in [2.05, 4.69) is 34.4 Å². The second-order valence-electron chi connectivity index (χ2n) is 17.2. The maximum absolute atomic E-state index is 13.8. The number of hydrazone groups is 1. The van der Waals surface area contributed by atoms with Crippen LogP contribution in [-0.4, -0.2) is 26.3 Å². The summed E-state index contributed by atoms with van der Waals surface area (Å²) in [6, 6.07) is 16.3. The number of nitrogens with zero attached hydrogens (tertiary/aromatic N) is 3.